The van der Waals surface area contributed by atoms with Crippen molar-refractivity contribution in [1.29, 1.82) is 0 Å². The Bertz CT molecular complexity index is 1130. The highest BCUT2D eigenvalue weighted by molar-refractivity contribution is 7.24. The van der Waals surface area contributed by atoms with E-state index in [1.54, 1.807) is 11.3 Å². The van der Waals surface area contributed by atoms with Crippen molar-refractivity contribution in [2.24, 2.45) is 0 Å². The maximum atomic E-state index is 12.4. The molecule has 1 saturated heterocycles. The van der Waals surface area contributed by atoms with Crippen molar-refractivity contribution in [3.63, 3.8) is 0 Å². The summed E-state index contributed by atoms with van der Waals surface area (Å²) in [5.41, 5.74) is 2.80. The molecule has 0 radical (unpaired) electrons. The number of piperidine rings is 1. The van der Waals surface area contributed by atoms with Gasteiger partial charge in [-0.3, -0.25) is 9.59 Å². The zero-order valence-electron chi connectivity index (χ0n) is 19.4. The Morgan fingerprint density at radius 3 is 2.21 bits per heavy atom. The second-order valence-electron chi connectivity index (χ2n) is 8.53. The molecule has 1 fully saturated rings. The topological polar surface area (TPSA) is 102 Å². The van der Waals surface area contributed by atoms with Gasteiger partial charge < -0.3 is 25.8 Å². The second-order valence-corrected chi connectivity index (χ2v) is 10.6. The number of likely N-dealkylation sites (N-methyl/N-ethyl adjacent to an activating group) is 1. The number of likely N-dealkylation sites (tertiary alicyclic amines) is 1. The van der Waals surface area contributed by atoms with Crippen LogP contribution in [0.5, 0.6) is 0 Å². The van der Waals surface area contributed by atoms with Gasteiger partial charge in [0.15, 0.2) is 10.3 Å². The van der Waals surface area contributed by atoms with E-state index in [9.17, 15) is 9.59 Å². The first kappa shape index (κ1) is 23.7. The number of thiazole rings is 2. The smallest absolute Gasteiger partial charge is 0.241 e. The van der Waals surface area contributed by atoms with Crippen LogP contribution in [0.1, 0.15) is 24.8 Å². The summed E-state index contributed by atoms with van der Waals surface area (Å²) in [6.45, 7) is 5.62. The molecule has 4 rings (SSSR count). The molecule has 0 unspecified atom stereocenters. The predicted octanol–water partition coefficient (Wildman–Crippen LogP) is 2.73. The van der Waals surface area contributed by atoms with E-state index in [4.69, 9.17) is 9.97 Å². The highest BCUT2D eigenvalue weighted by Gasteiger charge is 2.18. The maximum absolute atomic E-state index is 12.4. The van der Waals surface area contributed by atoms with Crippen molar-refractivity contribution in [3.8, 4) is 0 Å². The number of hydrogen-bond donors (Lipinski definition) is 3. The van der Waals surface area contributed by atoms with Crippen LogP contribution in [-0.2, 0) is 9.59 Å². The number of carbonyl (C=O) groups is 2. The zero-order chi connectivity index (χ0) is 23.4. The fourth-order valence-corrected chi connectivity index (χ4v) is 5.82. The fourth-order valence-electron chi connectivity index (χ4n) is 3.82. The number of fused-ring (bicyclic) bond motifs is 2. The number of benzene rings is 1. The summed E-state index contributed by atoms with van der Waals surface area (Å²) in [5, 5.41) is 10.7. The molecule has 9 nitrogen and oxygen atoms in total. The summed E-state index contributed by atoms with van der Waals surface area (Å²) in [4.78, 5) is 37.8. The summed E-state index contributed by atoms with van der Waals surface area (Å²) in [6.07, 6.45) is 3.39. The van der Waals surface area contributed by atoms with Crippen molar-refractivity contribution < 1.29 is 9.59 Å². The Balaban J connectivity index is 1.39. The number of nitrogens with one attached hydrogen (secondary N) is 3. The van der Waals surface area contributed by atoms with Crippen molar-refractivity contribution >= 4 is 65.2 Å². The van der Waals surface area contributed by atoms with Crippen LogP contribution >= 0.6 is 22.7 Å². The van der Waals surface area contributed by atoms with E-state index in [2.05, 4.69) is 22.0 Å². The molecule has 1 aliphatic rings. The van der Waals surface area contributed by atoms with Crippen molar-refractivity contribution in [2.75, 3.05) is 64.0 Å². The van der Waals surface area contributed by atoms with Gasteiger partial charge in [0.2, 0.25) is 11.8 Å². The van der Waals surface area contributed by atoms with Gasteiger partial charge in [-0.15, -0.1) is 0 Å². The number of amides is 2. The molecule has 0 aliphatic carbocycles. The Morgan fingerprint density at radius 2 is 1.61 bits per heavy atom. The minimum atomic E-state index is -0.0507. The molecular weight excluding hydrogens is 458 g/mol. The summed E-state index contributed by atoms with van der Waals surface area (Å²) in [6, 6.07) is 2.09. The number of anilines is 2. The molecule has 11 heteroatoms. The molecule has 3 N–H and O–H groups in total. The van der Waals surface area contributed by atoms with Gasteiger partial charge in [0.25, 0.3) is 0 Å². The molecule has 33 heavy (non-hydrogen) atoms. The van der Waals surface area contributed by atoms with E-state index in [1.165, 1.54) is 17.8 Å². The molecule has 3 heterocycles. The van der Waals surface area contributed by atoms with Gasteiger partial charge in [0.1, 0.15) is 0 Å². The monoisotopic (exact) mass is 489 g/mol. The van der Waals surface area contributed by atoms with Crippen LogP contribution in [0.25, 0.3) is 20.4 Å². The van der Waals surface area contributed by atoms with Gasteiger partial charge in [-0.1, -0.05) is 22.7 Å². The van der Waals surface area contributed by atoms with Crippen molar-refractivity contribution in [3.05, 3.63) is 11.6 Å². The lowest BCUT2D eigenvalue weighted by atomic mass is 10.1. The highest BCUT2D eigenvalue weighted by Crippen LogP contribution is 2.36. The summed E-state index contributed by atoms with van der Waals surface area (Å²) in [7, 11) is 3.95. The second kappa shape index (κ2) is 10.6. The SMILES string of the molecule is Cc1c2nc(NCC(=O)NCCN(C)C)sc2cc2sc(NCC(=O)N3CCCCC3)nc12. The van der Waals surface area contributed by atoms with Crippen molar-refractivity contribution in [2.45, 2.75) is 26.2 Å². The average Bonchev–Trinajstić information content (AvgIpc) is 3.40. The summed E-state index contributed by atoms with van der Waals surface area (Å²) >= 11 is 3.08. The highest BCUT2D eigenvalue weighted by atomic mass is 32.1. The third kappa shape index (κ3) is 5.90. The van der Waals surface area contributed by atoms with Gasteiger partial charge >= 0.3 is 0 Å². The largest absolute Gasteiger partial charge is 0.353 e. The standard InChI is InChI=1S/C22H31N7O2S2/c1-14-19-15(32-21(26-19)24-12-17(30)23-7-10-28(2)3)11-16-20(14)27-22(33-16)25-13-18(31)29-8-5-4-6-9-29/h11H,4-10,12-13H2,1-3H3,(H,23,30)(H,24,26)(H,25,27). The molecule has 1 aliphatic heterocycles. The number of carbonyl (C=O) groups excluding carboxylic acids is 2. The lowest BCUT2D eigenvalue weighted by Crippen LogP contribution is -2.39. The van der Waals surface area contributed by atoms with Crippen LogP contribution < -0.4 is 16.0 Å². The minimum absolute atomic E-state index is 0.0507. The van der Waals surface area contributed by atoms with Crippen molar-refractivity contribution in [1.82, 2.24) is 25.1 Å². The van der Waals surface area contributed by atoms with E-state index >= 15 is 0 Å². The van der Waals surface area contributed by atoms with Gasteiger partial charge in [0.05, 0.1) is 33.5 Å². The predicted molar refractivity (Wildman–Crippen MR) is 137 cm³/mol. The molecule has 0 spiro atoms. The molecule has 3 aromatic rings. The molecule has 2 aromatic heterocycles. The van der Waals surface area contributed by atoms with Crippen LogP contribution in [0.4, 0.5) is 10.3 Å². The molecule has 0 bridgehead atoms. The third-order valence-electron chi connectivity index (χ3n) is 5.66. The molecule has 1 aromatic carbocycles. The quantitative estimate of drug-likeness (QED) is 0.425. The van der Waals surface area contributed by atoms with E-state index in [0.717, 1.165) is 68.7 Å². The first-order valence-corrected chi connectivity index (χ1v) is 12.9. The van der Waals surface area contributed by atoms with Gasteiger partial charge in [0, 0.05) is 31.7 Å². The lowest BCUT2D eigenvalue weighted by molar-refractivity contribution is -0.130. The molecule has 178 valence electrons. The summed E-state index contributed by atoms with van der Waals surface area (Å²) in [5.74, 6) is 0.0834. The van der Waals surface area contributed by atoms with E-state index in [1.807, 2.05) is 30.8 Å². The first-order chi connectivity index (χ1) is 15.9. The minimum Gasteiger partial charge on any atom is -0.353 e. The van der Waals surface area contributed by atoms with Crippen LogP contribution in [0.2, 0.25) is 0 Å². The van der Waals surface area contributed by atoms with Gasteiger partial charge in [-0.25, -0.2) is 9.97 Å². The molecule has 0 saturated carbocycles. The number of aromatic nitrogens is 2. The van der Waals surface area contributed by atoms with Gasteiger partial charge in [-0.05, 0) is 46.3 Å². The van der Waals surface area contributed by atoms with Crippen LogP contribution in [0, 0.1) is 6.92 Å². The van der Waals surface area contributed by atoms with Gasteiger partial charge in [-0.2, -0.15) is 0 Å². The van der Waals surface area contributed by atoms with E-state index in [0.29, 0.717) is 6.54 Å². The Morgan fingerprint density at radius 1 is 1.00 bits per heavy atom. The Labute approximate surface area is 201 Å². The number of hydrogen-bond acceptors (Lipinski definition) is 9. The number of nitrogens with zero attached hydrogens (tertiary/aromatic N) is 4. The summed E-state index contributed by atoms with van der Waals surface area (Å²) < 4.78 is 2.11. The normalized spacial score (nSPS) is 14.2. The lowest BCUT2D eigenvalue weighted by Gasteiger charge is -2.26. The Kier molecular flexibility index (Phi) is 7.61. The maximum Gasteiger partial charge on any atom is 0.241 e. The van der Waals surface area contributed by atoms with Crippen LogP contribution in [-0.4, -0.2) is 84.9 Å². The van der Waals surface area contributed by atoms with E-state index in [-0.39, 0.29) is 24.9 Å². The Hall–Kier alpha value is -2.50. The third-order valence-corrected chi connectivity index (χ3v) is 7.58. The average molecular weight is 490 g/mol. The van der Waals surface area contributed by atoms with E-state index < -0.39 is 0 Å². The first-order valence-electron chi connectivity index (χ1n) is 11.3. The molecule has 2 amide bonds. The fraction of sp³-hybridized carbons (Fsp3) is 0.545. The molecular formula is C22H31N7O2S2. The number of aryl methyl sites for hydroxylation is 1. The number of rotatable bonds is 9. The van der Waals surface area contributed by atoms with Crippen LogP contribution in [0.3, 0.4) is 0 Å². The zero-order valence-corrected chi connectivity index (χ0v) is 21.0. The van der Waals surface area contributed by atoms with Crippen LogP contribution in [0.15, 0.2) is 6.07 Å². The molecule has 0 atom stereocenters.